The molecule has 0 aliphatic carbocycles. The minimum atomic E-state index is -0.780. The SMILES string of the molecule is CCCCCCC/C=C\C/C=C\C/C=C\CCCCCCCCCCC(=O)OCC(COC(=O)CCCCCCCCCCCCCCCCCCCC)OC(=O)CCCCCCCCCCC/C=C\C/C=C\CCCCCCC. The van der Waals surface area contributed by atoms with E-state index in [1.807, 2.05) is 0 Å². The molecule has 0 rings (SSSR count). The van der Waals surface area contributed by atoms with Gasteiger partial charge in [-0.25, -0.2) is 0 Å². The van der Waals surface area contributed by atoms with E-state index in [9.17, 15) is 14.4 Å². The molecular weight excluding hydrogens is 985 g/mol. The number of unbranched alkanes of at least 4 members (excludes halogenated alkanes) is 44. The molecule has 80 heavy (non-hydrogen) atoms. The molecule has 1 unspecified atom stereocenters. The van der Waals surface area contributed by atoms with Crippen LogP contribution in [0.5, 0.6) is 0 Å². The van der Waals surface area contributed by atoms with Crippen molar-refractivity contribution in [3.8, 4) is 0 Å². The summed E-state index contributed by atoms with van der Waals surface area (Å²) in [5.74, 6) is -0.862. The van der Waals surface area contributed by atoms with Crippen molar-refractivity contribution in [2.24, 2.45) is 0 Å². The second-order valence-corrected chi connectivity index (χ2v) is 23.8. The summed E-state index contributed by atoms with van der Waals surface area (Å²) in [5.41, 5.74) is 0. The van der Waals surface area contributed by atoms with E-state index in [0.29, 0.717) is 19.3 Å². The molecule has 0 aromatic carbocycles. The zero-order chi connectivity index (χ0) is 57.8. The molecule has 0 heterocycles. The van der Waals surface area contributed by atoms with Crippen LogP contribution in [0.4, 0.5) is 0 Å². The lowest BCUT2D eigenvalue weighted by atomic mass is 10.0. The fraction of sp³-hybridized carbons (Fsp3) is 0.824. The average Bonchev–Trinajstić information content (AvgIpc) is 3.46. The van der Waals surface area contributed by atoms with Crippen LogP contribution in [0, 0.1) is 0 Å². The minimum absolute atomic E-state index is 0.0745. The van der Waals surface area contributed by atoms with Crippen molar-refractivity contribution in [3.05, 3.63) is 60.8 Å². The third kappa shape index (κ3) is 65.9. The van der Waals surface area contributed by atoms with Gasteiger partial charge in [-0.3, -0.25) is 14.4 Å². The van der Waals surface area contributed by atoms with Crippen molar-refractivity contribution in [3.63, 3.8) is 0 Å². The Morgan fingerprint density at radius 1 is 0.250 bits per heavy atom. The zero-order valence-electron chi connectivity index (χ0n) is 53.6. The molecule has 0 aromatic rings. The predicted molar refractivity (Wildman–Crippen MR) is 348 cm³/mol. The van der Waals surface area contributed by atoms with Crippen molar-refractivity contribution in [2.45, 2.75) is 380 Å². The van der Waals surface area contributed by atoms with E-state index in [2.05, 4.69) is 81.5 Å². The van der Waals surface area contributed by atoms with Crippen LogP contribution in [-0.4, -0.2) is 37.2 Å². The van der Waals surface area contributed by atoms with Gasteiger partial charge in [-0.1, -0.05) is 326 Å². The first-order chi connectivity index (χ1) is 39.5. The van der Waals surface area contributed by atoms with Gasteiger partial charge in [0.25, 0.3) is 0 Å². The van der Waals surface area contributed by atoms with Crippen molar-refractivity contribution in [2.75, 3.05) is 13.2 Å². The number of allylic oxidation sites excluding steroid dienone is 10. The number of hydrogen-bond acceptors (Lipinski definition) is 6. The van der Waals surface area contributed by atoms with Crippen molar-refractivity contribution in [1.82, 2.24) is 0 Å². The third-order valence-corrected chi connectivity index (χ3v) is 15.7. The van der Waals surface area contributed by atoms with Crippen LogP contribution >= 0.6 is 0 Å². The first kappa shape index (κ1) is 77.1. The third-order valence-electron chi connectivity index (χ3n) is 15.7. The highest BCUT2D eigenvalue weighted by Gasteiger charge is 2.19. The summed E-state index contributed by atoms with van der Waals surface area (Å²) in [4.78, 5) is 38.5. The Labute approximate surface area is 498 Å². The highest BCUT2D eigenvalue weighted by atomic mass is 16.6. The number of carbonyl (C=O) groups excluding carboxylic acids is 3. The molecule has 0 aliphatic rings. The first-order valence-electron chi connectivity index (χ1n) is 35.3. The predicted octanol–water partition coefficient (Wildman–Crippen LogP) is 24.3. The maximum atomic E-state index is 13.0. The van der Waals surface area contributed by atoms with Gasteiger partial charge in [-0.2, -0.15) is 0 Å². The molecule has 0 bridgehead atoms. The number of carbonyl (C=O) groups is 3. The van der Waals surface area contributed by atoms with Gasteiger partial charge in [-0.15, -0.1) is 0 Å². The fourth-order valence-electron chi connectivity index (χ4n) is 10.4. The van der Waals surface area contributed by atoms with Gasteiger partial charge in [0.15, 0.2) is 6.10 Å². The van der Waals surface area contributed by atoms with Gasteiger partial charge in [-0.05, 0) is 89.9 Å². The molecule has 0 saturated heterocycles. The van der Waals surface area contributed by atoms with E-state index >= 15 is 0 Å². The first-order valence-corrected chi connectivity index (χ1v) is 35.3. The van der Waals surface area contributed by atoms with E-state index < -0.39 is 6.10 Å². The molecule has 0 N–H and O–H groups in total. The molecule has 0 fully saturated rings. The number of esters is 3. The summed E-state index contributed by atoms with van der Waals surface area (Å²) >= 11 is 0. The van der Waals surface area contributed by atoms with Gasteiger partial charge in [0.05, 0.1) is 0 Å². The van der Waals surface area contributed by atoms with E-state index in [1.165, 1.54) is 250 Å². The molecule has 466 valence electrons. The number of hydrogen-bond donors (Lipinski definition) is 0. The van der Waals surface area contributed by atoms with Crippen LogP contribution in [-0.2, 0) is 28.6 Å². The lowest BCUT2D eigenvalue weighted by molar-refractivity contribution is -0.167. The molecule has 0 saturated carbocycles. The Bertz CT molecular complexity index is 1430. The summed E-state index contributed by atoms with van der Waals surface area (Å²) in [6.07, 6.45) is 88.0. The Morgan fingerprint density at radius 3 is 0.700 bits per heavy atom. The van der Waals surface area contributed by atoms with Gasteiger partial charge in [0, 0.05) is 19.3 Å². The van der Waals surface area contributed by atoms with E-state index in [0.717, 1.165) is 83.5 Å². The Hall–Kier alpha value is -2.89. The number of rotatable bonds is 65. The standard InChI is InChI=1S/C74H134O6/c1-4-7-10-13-16-19-22-25-28-31-34-36-37-39-40-43-46-49-52-55-58-61-64-67-73(76)79-70-71(69-78-72(75)66-63-60-57-54-51-48-45-42-33-30-27-24-21-18-15-12-9-6-3)80-74(77)68-65-62-59-56-53-50-47-44-41-38-35-32-29-26-23-20-17-14-11-8-5-2/h22-23,25-26,31-32,34-35,37,39,71H,4-21,24,27-30,33,36,38,40-70H2,1-3H3/b25-22-,26-23-,34-31-,35-32-,39-37-. The lowest BCUT2D eigenvalue weighted by Gasteiger charge is -2.18. The van der Waals surface area contributed by atoms with E-state index in [-0.39, 0.29) is 31.1 Å². The minimum Gasteiger partial charge on any atom is -0.462 e. The van der Waals surface area contributed by atoms with Crippen LogP contribution in [0.2, 0.25) is 0 Å². The molecule has 6 heteroatoms. The van der Waals surface area contributed by atoms with Gasteiger partial charge in [0.1, 0.15) is 13.2 Å². The molecule has 0 spiro atoms. The van der Waals surface area contributed by atoms with Crippen molar-refractivity contribution < 1.29 is 28.6 Å². The summed E-state index contributed by atoms with van der Waals surface area (Å²) in [5, 5.41) is 0. The highest BCUT2D eigenvalue weighted by Crippen LogP contribution is 2.18. The maximum absolute atomic E-state index is 13.0. The van der Waals surface area contributed by atoms with Crippen LogP contribution in [0.25, 0.3) is 0 Å². The highest BCUT2D eigenvalue weighted by molar-refractivity contribution is 5.71. The largest absolute Gasteiger partial charge is 0.462 e. The van der Waals surface area contributed by atoms with E-state index in [1.54, 1.807) is 0 Å². The van der Waals surface area contributed by atoms with Crippen molar-refractivity contribution >= 4 is 17.9 Å². The van der Waals surface area contributed by atoms with Gasteiger partial charge >= 0.3 is 17.9 Å². The summed E-state index contributed by atoms with van der Waals surface area (Å²) in [6, 6.07) is 0. The second-order valence-electron chi connectivity index (χ2n) is 23.8. The molecular formula is C74H134O6. The zero-order valence-corrected chi connectivity index (χ0v) is 53.6. The van der Waals surface area contributed by atoms with Crippen LogP contribution in [0.15, 0.2) is 60.8 Å². The molecule has 0 aromatic heterocycles. The second kappa shape index (κ2) is 68.6. The van der Waals surface area contributed by atoms with Crippen molar-refractivity contribution in [1.29, 1.82) is 0 Å². The quantitative estimate of drug-likeness (QED) is 0.0261. The molecule has 1 atom stereocenters. The Kier molecular flexibility index (Phi) is 66.1. The summed E-state index contributed by atoms with van der Waals surface area (Å²) < 4.78 is 17.0. The van der Waals surface area contributed by atoms with Crippen LogP contribution in [0.1, 0.15) is 374 Å². The summed E-state index contributed by atoms with van der Waals surface area (Å²) in [6.45, 7) is 6.67. The lowest BCUT2D eigenvalue weighted by Crippen LogP contribution is -2.30. The monoisotopic (exact) mass is 1120 g/mol. The Balaban J connectivity index is 4.36. The number of ether oxygens (including phenoxy) is 3. The molecule has 0 radical (unpaired) electrons. The molecule has 6 nitrogen and oxygen atoms in total. The van der Waals surface area contributed by atoms with Gasteiger partial charge in [0.2, 0.25) is 0 Å². The van der Waals surface area contributed by atoms with Crippen LogP contribution < -0.4 is 0 Å². The van der Waals surface area contributed by atoms with Crippen LogP contribution in [0.3, 0.4) is 0 Å². The Morgan fingerprint density at radius 2 is 0.450 bits per heavy atom. The maximum Gasteiger partial charge on any atom is 0.306 e. The fourth-order valence-corrected chi connectivity index (χ4v) is 10.4. The van der Waals surface area contributed by atoms with E-state index in [4.69, 9.17) is 14.2 Å². The molecule has 0 aliphatic heterocycles. The topological polar surface area (TPSA) is 78.9 Å². The average molecular weight is 1120 g/mol. The van der Waals surface area contributed by atoms with Gasteiger partial charge < -0.3 is 14.2 Å². The normalized spacial score (nSPS) is 12.4. The molecule has 0 amide bonds. The smallest absolute Gasteiger partial charge is 0.306 e. The summed E-state index contributed by atoms with van der Waals surface area (Å²) in [7, 11) is 0.